The number of methoxy groups -OCH3 is 1. The molecule has 0 saturated carbocycles. The van der Waals surface area contributed by atoms with E-state index in [1.165, 1.54) is 23.0 Å². The Labute approximate surface area is 235 Å². The molecule has 210 valence electrons. The lowest BCUT2D eigenvalue weighted by Gasteiger charge is -2.29. The number of ether oxygens (including phenoxy) is 2. The van der Waals surface area contributed by atoms with E-state index in [2.05, 4.69) is 13.8 Å². The molecule has 0 spiro atoms. The molecule has 3 aromatic rings. The minimum absolute atomic E-state index is 0.0733. The van der Waals surface area contributed by atoms with E-state index >= 15 is 0 Å². The first kappa shape index (κ1) is 28.7. The number of Topliss-reactive ketones (excluding diaryl/α,β-unsaturated/α-hetero) is 1. The van der Waals surface area contributed by atoms with Crippen LogP contribution in [0.1, 0.15) is 42.1 Å². The Morgan fingerprint density at radius 2 is 1.75 bits per heavy atom. The number of quaternary nitrogens is 1. The number of aryl methyl sites for hydroxylation is 1. The Hall–Kier alpha value is -4.30. The van der Waals surface area contributed by atoms with Gasteiger partial charge >= 0.3 is 0 Å². The van der Waals surface area contributed by atoms with Crippen LogP contribution in [0, 0.1) is 6.92 Å². The van der Waals surface area contributed by atoms with Gasteiger partial charge in [-0.1, -0.05) is 48.2 Å². The lowest BCUT2D eigenvalue weighted by molar-refractivity contribution is -0.895. The largest absolute Gasteiger partial charge is 0.872 e. The first-order valence-electron chi connectivity index (χ1n) is 13.5. The van der Waals surface area contributed by atoms with Gasteiger partial charge in [0.05, 0.1) is 39.3 Å². The van der Waals surface area contributed by atoms with Gasteiger partial charge in [0.2, 0.25) is 5.78 Å². The summed E-state index contributed by atoms with van der Waals surface area (Å²) >= 11 is 0. The second kappa shape index (κ2) is 12.7. The van der Waals surface area contributed by atoms with Crippen LogP contribution in [0.4, 0.5) is 0 Å². The minimum Gasteiger partial charge on any atom is -0.872 e. The number of nitrogens with one attached hydrogen (secondary N) is 1. The third-order valence-electron chi connectivity index (χ3n) is 7.45. The van der Waals surface area contributed by atoms with Crippen LogP contribution >= 0.6 is 0 Å². The third kappa shape index (κ3) is 5.97. The van der Waals surface area contributed by atoms with Crippen molar-refractivity contribution in [2.75, 3.05) is 33.3 Å². The summed E-state index contributed by atoms with van der Waals surface area (Å²) in [5, 5.41) is 24.1. The molecule has 2 N–H and O–H groups in total. The molecule has 1 saturated heterocycles. The SMILES string of the molecule is CC[NH+](CC)CCN1C(=O)C(=O)C(=C([O-])c2ccc(OCc3ccccc3)cc2C)C1c1ccc(O)c(OC)c1. The Kier molecular flexibility index (Phi) is 9.11. The molecule has 0 radical (unpaired) electrons. The van der Waals surface area contributed by atoms with E-state index < -0.39 is 23.5 Å². The van der Waals surface area contributed by atoms with Gasteiger partial charge in [0.15, 0.2) is 11.5 Å². The maximum absolute atomic E-state index is 14.0. The number of benzene rings is 3. The van der Waals surface area contributed by atoms with Crippen molar-refractivity contribution in [2.24, 2.45) is 0 Å². The van der Waals surface area contributed by atoms with Crippen molar-refractivity contribution in [3.8, 4) is 17.2 Å². The second-order valence-corrected chi connectivity index (χ2v) is 9.86. The number of nitrogens with zero attached hydrogens (tertiary/aromatic N) is 1. The lowest BCUT2D eigenvalue weighted by atomic mass is 9.93. The predicted molar refractivity (Wildman–Crippen MR) is 150 cm³/mol. The zero-order valence-corrected chi connectivity index (χ0v) is 23.4. The molecule has 40 heavy (non-hydrogen) atoms. The lowest BCUT2D eigenvalue weighted by Crippen LogP contribution is -3.12. The van der Waals surface area contributed by atoms with Crippen molar-refractivity contribution in [3.05, 3.63) is 94.6 Å². The number of hydrogen-bond donors (Lipinski definition) is 2. The monoisotopic (exact) mass is 544 g/mol. The Bertz CT molecular complexity index is 1400. The normalized spacial score (nSPS) is 16.5. The summed E-state index contributed by atoms with van der Waals surface area (Å²) in [7, 11) is 1.42. The topological polar surface area (TPSA) is 104 Å². The van der Waals surface area contributed by atoms with E-state index in [9.17, 15) is 19.8 Å². The van der Waals surface area contributed by atoms with Crippen molar-refractivity contribution < 1.29 is 34.2 Å². The van der Waals surface area contributed by atoms with E-state index in [-0.39, 0.29) is 17.1 Å². The van der Waals surface area contributed by atoms with Gasteiger partial charge in [0, 0.05) is 5.57 Å². The highest BCUT2D eigenvalue weighted by Crippen LogP contribution is 2.41. The summed E-state index contributed by atoms with van der Waals surface area (Å²) in [4.78, 5) is 29.4. The van der Waals surface area contributed by atoms with Gasteiger partial charge in [-0.3, -0.25) is 9.59 Å². The van der Waals surface area contributed by atoms with Crippen LogP contribution in [0.25, 0.3) is 5.76 Å². The van der Waals surface area contributed by atoms with E-state index in [4.69, 9.17) is 9.47 Å². The van der Waals surface area contributed by atoms with Gasteiger partial charge in [-0.05, 0) is 67.3 Å². The molecule has 1 aliphatic heterocycles. The summed E-state index contributed by atoms with van der Waals surface area (Å²) in [6.45, 7) is 8.97. The summed E-state index contributed by atoms with van der Waals surface area (Å²) in [6.07, 6.45) is 0. The van der Waals surface area contributed by atoms with Crippen molar-refractivity contribution in [1.29, 1.82) is 0 Å². The van der Waals surface area contributed by atoms with Crippen molar-refractivity contribution >= 4 is 17.4 Å². The standard InChI is InChI=1S/C32H36N2O6/c1-5-33(6-2)16-17-34-29(23-12-15-26(35)27(19-23)39-4)28(31(37)32(34)38)30(36)25-14-13-24(18-21(25)3)40-20-22-10-8-7-9-11-22/h7-15,18-19,29,35-36H,5-6,16-17,20H2,1-4H3. The van der Waals surface area contributed by atoms with Crippen LogP contribution in [0.5, 0.6) is 17.2 Å². The Morgan fingerprint density at radius 1 is 1.02 bits per heavy atom. The number of phenols is 1. The fourth-order valence-electron chi connectivity index (χ4n) is 5.06. The van der Waals surface area contributed by atoms with E-state index in [1.807, 2.05) is 30.3 Å². The molecule has 1 fully saturated rings. The minimum atomic E-state index is -0.898. The van der Waals surface area contributed by atoms with Crippen LogP contribution in [0.15, 0.2) is 72.3 Å². The number of aromatic hydroxyl groups is 1. The molecule has 0 aromatic heterocycles. The molecule has 3 aromatic carbocycles. The first-order chi connectivity index (χ1) is 19.3. The number of phenolic OH excluding ortho intramolecular Hbond substituents is 1. The van der Waals surface area contributed by atoms with Gasteiger partial charge < -0.3 is 29.5 Å². The molecule has 1 unspecified atom stereocenters. The van der Waals surface area contributed by atoms with Gasteiger partial charge in [-0.2, -0.15) is 0 Å². The number of hydrogen-bond acceptors (Lipinski definition) is 6. The zero-order valence-electron chi connectivity index (χ0n) is 23.4. The quantitative estimate of drug-likeness (QED) is 0.218. The molecular formula is C32H36N2O6. The fourth-order valence-corrected chi connectivity index (χ4v) is 5.06. The van der Waals surface area contributed by atoms with Crippen molar-refractivity contribution in [1.82, 2.24) is 4.90 Å². The average molecular weight is 545 g/mol. The molecule has 8 nitrogen and oxygen atoms in total. The molecule has 4 rings (SSSR count). The highest BCUT2D eigenvalue weighted by atomic mass is 16.5. The maximum atomic E-state index is 14.0. The van der Waals surface area contributed by atoms with E-state index in [0.29, 0.717) is 42.1 Å². The zero-order chi connectivity index (χ0) is 28.8. The maximum Gasteiger partial charge on any atom is 0.295 e. The van der Waals surface area contributed by atoms with E-state index in [1.54, 1.807) is 37.3 Å². The molecule has 0 bridgehead atoms. The smallest absolute Gasteiger partial charge is 0.295 e. The Morgan fingerprint density at radius 3 is 2.40 bits per heavy atom. The summed E-state index contributed by atoms with van der Waals surface area (Å²) in [5.74, 6) is -1.29. The van der Waals surface area contributed by atoms with Crippen molar-refractivity contribution in [3.63, 3.8) is 0 Å². The number of rotatable bonds is 11. The number of ketones is 1. The number of carbonyl (C=O) groups is 2. The number of likely N-dealkylation sites (N-methyl/N-ethyl adjacent to an activating group) is 1. The average Bonchev–Trinajstić information content (AvgIpc) is 3.22. The molecule has 1 aliphatic rings. The van der Waals surface area contributed by atoms with Crippen molar-refractivity contribution in [2.45, 2.75) is 33.4 Å². The third-order valence-corrected chi connectivity index (χ3v) is 7.45. The van der Waals surface area contributed by atoms with Crippen LogP contribution in [-0.2, 0) is 16.2 Å². The first-order valence-corrected chi connectivity index (χ1v) is 13.5. The van der Waals surface area contributed by atoms with Gasteiger partial charge in [-0.15, -0.1) is 0 Å². The number of likely N-dealkylation sites (tertiary alicyclic amines) is 1. The molecule has 0 aliphatic carbocycles. The molecule has 1 amide bonds. The van der Waals surface area contributed by atoms with Gasteiger partial charge in [0.1, 0.15) is 12.4 Å². The second-order valence-electron chi connectivity index (χ2n) is 9.86. The van der Waals surface area contributed by atoms with E-state index in [0.717, 1.165) is 18.7 Å². The predicted octanol–water partition coefficient (Wildman–Crippen LogP) is 2.44. The van der Waals surface area contributed by atoms with Gasteiger partial charge in [0.25, 0.3) is 5.91 Å². The summed E-state index contributed by atoms with van der Waals surface area (Å²) < 4.78 is 11.2. The summed E-state index contributed by atoms with van der Waals surface area (Å²) in [6, 6.07) is 18.6. The van der Waals surface area contributed by atoms with Gasteiger partial charge in [-0.25, -0.2) is 0 Å². The highest BCUT2D eigenvalue weighted by Gasteiger charge is 2.44. The van der Waals surface area contributed by atoms with Crippen LogP contribution in [0.3, 0.4) is 0 Å². The number of amides is 1. The summed E-state index contributed by atoms with van der Waals surface area (Å²) in [5.41, 5.74) is 2.40. The highest BCUT2D eigenvalue weighted by molar-refractivity contribution is 6.46. The molecule has 1 heterocycles. The van der Waals surface area contributed by atoms with Crippen LogP contribution < -0.4 is 19.5 Å². The Balaban J connectivity index is 1.73. The molecular weight excluding hydrogens is 508 g/mol. The number of carbonyl (C=O) groups excluding carboxylic acids is 2. The molecule has 1 atom stereocenters. The molecule has 8 heteroatoms. The van der Waals surface area contributed by atoms with Crippen LogP contribution in [0.2, 0.25) is 0 Å². The fraction of sp³-hybridized carbons (Fsp3) is 0.312. The van der Waals surface area contributed by atoms with Crippen LogP contribution in [-0.4, -0.2) is 55.0 Å².